The average molecular weight is 381 g/mol. The molecular weight excluding hydrogens is 368 g/mol. The minimum Gasteiger partial charge on any atom is -0.545 e. The van der Waals surface area contributed by atoms with E-state index in [2.05, 4.69) is 20.2 Å². The first-order chi connectivity index (χ1) is 11.8. The lowest BCUT2D eigenvalue weighted by atomic mass is 10.3. The van der Waals surface area contributed by atoms with E-state index in [-0.39, 0.29) is 10.0 Å². The number of anilines is 2. The van der Waals surface area contributed by atoms with Crippen LogP contribution in [0.4, 0.5) is 10.8 Å². The number of hydrogen-bond donors (Lipinski definition) is 2. The van der Waals surface area contributed by atoms with Crippen LogP contribution in [0.1, 0.15) is 11.9 Å². The normalized spacial score (nSPS) is 11.4. The third kappa shape index (κ3) is 5.36. The number of carbonyl (C=O) groups excluding carboxylic acids is 2. The molecule has 1 aromatic carbocycles. The van der Waals surface area contributed by atoms with Gasteiger partial charge in [0.15, 0.2) is 0 Å². The third-order valence-electron chi connectivity index (χ3n) is 2.79. The summed E-state index contributed by atoms with van der Waals surface area (Å²) in [4.78, 5) is 21.6. The number of rotatable bonds is 7. The number of benzene rings is 1. The van der Waals surface area contributed by atoms with Gasteiger partial charge in [-0.3, -0.25) is 9.52 Å². The number of amides is 1. The van der Waals surface area contributed by atoms with Gasteiger partial charge in [-0.05, 0) is 36.8 Å². The lowest BCUT2D eigenvalue weighted by Gasteiger charge is -2.06. The van der Waals surface area contributed by atoms with Crippen LogP contribution in [0.5, 0.6) is 0 Å². The Bertz CT molecular complexity index is 904. The van der Waals surface area contributed by atoms with Gasteiger partial charge in [-0.25, -0.2) is 8.42 Å². The molecule has 0 unspecified atom stereocenters. The van der Waals surface area contributed by atoms with E-state index < -0.39 is 21.9 Å². The molecule has 1 amide bonds. The summed E-state index contributed by atoms with van der Waals surface area (Å²) in [6.45, 7) is 1.88. The molecule has 0 aliphatic rings. The molecule has 2 N–H and O–H groups in total. The molecule has 0 fully saturated rings. The Labute approximate surface area is 147 Å². The van der Waals surface area contributed by atoms with Crippen molar-refractivity contribution in [3.8, 4) is 0 Å². The van der Waals surface area contributed by atoms with E-state index in [0.717, 1.165) is 17.4 Å². The second-order valence-electron chi connectivity index (χ2n) is 4.63. The number of sulfonamides is 1. The molecule has 25 heavy (non-hydrogen) atoms. The molecule has 0 atom stereocenters. The summed E-state index contributed by atoms with van der Waals surface area (Å²) < 4.78 is 26.9. The van der Waals surface area contributed by atoms with E-state index in [1.165, 1.54) is 24.3 Å². The SMILES string of the molecule is CCc1nnc(NS(=O)(=O)c2ccc(NC(=O)/C=C/C(=O)[O-])cc2)s1. The smallest absolute Gasteiger partial charge is 0.263 e. The molecule has 0 spiro atoms. The van der Waals surface area contributed by atoms with Crippen LogP contribution in [0.25, 0.3) is 0 Å². The van der Waals surface area contributed by atoms with Crippen molar-refractivity contribution in [2.75, 3.05) is 10.0 Å². The van der Waals surface area contributed by atoms with Crippen molar-refractivity contribution < 1.29 is 23.1 Å². The topological polar surface area (TPSA) is 141 Å². The number of aliphatic carboxylic acids is 1. The van der Waals surface area contributed by atoms with Gasteiger partial charge in [0.2, 0.25) is 11.0 Å². The lowest BCUT2D eigenvalue weighted by molar-refractivity contribution is -0.297. The van der Waals surface area contributed by atoms with Crippen molar-refractivity contribution >= 4 is 44.1 Å². The van der Waals surface area contributed by atoms with Gasteiger partial charge in [0.25, 0.3) is 10.0 Å². The van der Waals surface area contributed by atoms with Crippen molar-refractivity contribution in [2.45, 2.75) is 18.2 Å². The van der Waals surface area contributed by atoms with Gasteiger partial charge in [0, 0.05) is 11.8 Å². The van der Waals surface area contributed by atoms with Crippen molar-refractivity contribution in [1.82, 2.24) is 10.2 Å². The number of nitrogens with zero attached hydrogens (tertiary/aromatic N) is 2. The Kier molecular flexibility index (Phi) is 5.83. The summed E-state index contributed by atoms with van der Waals surface area (Å²) in [5.41, 5.74) is 0.302. The van der Waals surface area contributed by atoms with E-state index in [1.807, 2.05) is 6.92 Å². The molecule has 2 rings (SSSR count). The molecule has 0 saturated heterocycles. The van der Waals surface area contributed by atoms with Crippen LogP contribution >= 0.6 is 11.3 Å². The first-order valence-electron chi connectivity index (χ1n) is 6.95. The van der Waals surface area contributed by atoms with Gasteiger partial charge in [0.05, 0.1) is 10.9 Å². The van der Waals surface area contributed by atoms with Crippen LogP contribution in [0.3, 0.4) is 0 Å². The van der Waals surface area contributed by atoms with E-state index >= 15 is 0 Å². The largest absolute Gasteiger partial charge is 0.545 e. The standard InChI is InChI=1S/C14H14N4O5S2/c1-2-12-16-17-14(24-12)18-25(22,23)10-5-3-9(4-6-10)15-11(19)7-8-13(20)21/h3-8H,2H2,1H3,(H,15,19)(H,17,18)(H,20,21)/p-1/b8-7+. The van der Waals surface area contributed by atoms with Crippen LogP contribution in [0.2, 0.25) is 0 Å². The van der Waals surface area contributed by atoms with Crippen molar-refractivity contribution in [3.63, 3.8) is 0 Å². The average Bonchev–Trinajstić information content (AvgIpc) is 3.00. The van der Waals surface area contributed by atoms with Crippen LogP contribution in [-0.4, -0.2) is 30.5 Å². The zero-order valence-corrected chi connectivity index (χ0v) is 14.6. The third-order valence-corrected chi connectivity index (χ3v) is 5.26. The fourth-order valence-electron chi connectivity index (χ4n) is 1.66. The molecule has 132 valence electrons. The number of aryl methyl sites for hydroxylation is 1. The van der Waals surface area contributed by atoms with Gasteiger partial charge in [0.1, 0.15) is 5.01 Å². The molecule has 0 saturated carbocycles. The van der Waals surface area contributed by atoms with Gasteiger partial charge >= 0.3 is 0 Å². The molecule has 0 aliphatic carbocycles. The number of nitrogens with one attached hydrogen (secondary N) is 2. The monoisotopic (exact) mass is 381 g/mol. The van der Waals surface area contributed by atoms with Gasteiger partial charge in [-0.15, -0.1) is 10.2 Å². The predicted molar refractivity (Wildman–Crippen MR) is 89.3 cm³/mol. The van der Waals surface area contributed by atoms with E-state index in [0.29, 0.717) is 23.2 Å². The highest BCUT2D eigenvalue weighted by atomic mass is 32.2. The quantitative estimate of drug-likeness (QED) is 0.650. The lowest BCUT2D eigenvalue weighted by Crippen LogP contribution is -2.20. The number of carboxylic acids is 1. The van der Waals surface area contributed by atoms with Crippen LogP contribution in [0, 0.1) is 0 Å². The summed E-state index contributed by atoms with van der Waals surface area (Å²) in [6.07, 6.45) is 2.03. The highest BCUT2D eigenvalue weighted by Crippen LogP contribution is 2.21. The Morgan fingerprint density at radius 3 is 2.44 bits per heavy atom. The van der Waals surface area contributed by atoms with E-state index in [1.54, 1.807) is 0 Å². The zero-order chi connectivity index (χ0) is 18.4. The number of hydrogen-bond acceptors (Lipinski definition) is 8. The highest BCUT2D eigenvalue weighted by molar-refractivity contribution is 7.93. The summed E-state index contributed by atoms with van der Waals surface area (Å²) in [5.74, 6) is -2.18. The molecule has 0 radical (unpaired) electrons. The maximum atomic E-state index is 12.3. The van der Waals surface area contributed by atoms with Crippen LogP contribution < -0.4 is 15.1 Å². The minimum absolute atomic E-state index is 0.0241. The second-order valence-corrected chi connectivity index (χ2v) is 7.37. The first-order valence-corrected chi connectivity index (χ1v) is 9.25. The van der Waals surface area contributed by atoms with Crippen LogP contribution in [-0.2, 0) is 26.0 Å². The molecule has 0 aliphatic heterocycles. The number of carbonyl (C=O) groups is 2. The predicted octanol–water partition coefficient (Wildman–Crippen LogP) is 0.146. The molecule has 1 aromatic heterocycles. The highest BCUT2D eigenvalue weighted by Gasteiger charge is 2.16. The van der Waals surface area contributed by atoms with E-state index in [4.69, 9.17) is 0 Å². The first kappa shape index (κ1) is 18.5. The Morgan fingerprint density at radius 2 is 1.88 bits per heavy atom. The molecule has 11 heteroatoms. The fraction of sp³-hybridized carbons (Fsp3) is 0.143. The number of aromatic nitrogens is 2. The second kappa shape index (κ2) is 7.85. The molecular formula is C14H13N4O5S2-. The molecule has 1 heterocycles. The fourth-order valence-corrected chi connectivity index (χ4v) is 3.57. The summed E-state index contributed by atoms with van der Waals surface area (Å²) >= 11 is 1.14. The van der Waals surface area contributed by atoms with Crippen LogP contribution in [0.15, 0.2) is 41.3 Å². The summed E-state index contributed by atoms with van der Waals surface area (Å²) in [6, 6.07) is 5.33. The molecule has 2 aromatic rings. The summed E-state index contributed by atoms with van der Waals surface area (Å²) in [5, 5.41) is 21.1. The van der Waals surface area contributed by atoms with Crippen molar-refractivity contribution in [2.24, 2.45) is 0 Å². The molecule has 0 bridgehead atoms. The minimum atomic E-state index is -3.83. The van der Waals surface area contributed by atoms with Gasteiger partial charge < -0.3 is 15.2 Å². The maximum Gasteiger partial charge on any atom is 0.263 e. The Hall–Kier alpha value is -2.79. The van der Waals surface area contributed by atoms with Crippen molar-refractivity contribution in [3.05, 3.63) is 41.4 Å². The molecule has 9 nitrogen and oxygen atoms in total. The Morgan fingerprint density at radius 1 is 1.20 bits per heavy atom. The van der Waals surface area contributed by atoms with Gasteiger partial charge in [-0.2, -0.15) is 0 Å². The van der Waals surface area contributed by atoms with E-state index in [9.17, 15) is 23.1 Å². The van der Waals surface area contributed by atoms with Gasteiger partial charge in [-0.1, -0.05) is 18.3 Å². The summed E-state index contributed by atoms with van der Waals surface area (Å²) in [7, 11) is -3.83. The number of carboxylic acid groups (broad SMARTS) is 1. The zero-order valence-electron chi connectivity index (χ0n) is 12.9. The maximum absolute atomic E-state index is 12.3. The van der Waals surface area contributed by atoms with Crippen molar-refractivity contribution in [1.29, 1.82) is 0 Å². The Balaban J connectivity index is 2.07.